The average molecular weight is 519 g/mol. The van der Waals surface area contributed by atoms with E-state index in [4.69, 9.17) is 9.73 Å². The third kappa shape index (κ3) is 8.06. The van der Waals surface area contributed by atoms with Gasteiger partial charge in [-0.1, -0.05) is 42.5 Å². The molecular formula is C23H30IN5O. The number of nitrogens with one attached hydrogen (secondary N) is 2. The molecule has 3 aromatic rings. The lowest BCUT2D eigenvalue weighted by Crippen LogP contribution is -2.38. The minimum Gasteiger partial charge on any atom is -0.489 e. The lowest BCUT2D eigenvalue weighted by Gasteiger charge is -2.13. The molecule has 6 nitrogen and oxygen atoms in total. The number of nitrogens with zero attached hydrogens (tertiary/aromatic N) is 3. The van der Waals surface area contributed by atoms with Gasteiger partial charge in [-0.05, 0) is 42.7 Å². The molecule has 0 unspecified atom stereocenters. The highest BCUT2D eigenvalue weighted by Gasteiger charge is 2.04. The number of halogens is 1. The summed E-state index contributed by atoms with van der Waals surface area (Å²) in [6.45, 7) is 5.75. The summed E-state index contributed by atoms with van der Waals surface area (Å²) in [6.07, 6.45) is 4.76. The van der Waals surface area contributed by atoms with E-state index < -0.39 is 0 Å². The molecule has 2 aromatic carbocycles. The molecule has 0 bridgehead atoms. The summed E-state index contributed by atoms with van der Waals surface area (Å²) >= 11 is 0. The molecule has 7 heteroatoms. The third-order valence-corrected chi connectivity index (χ3v) is 4.42. The first-order valence-corrected chi connectivity index (χ1v) is 10.1. The maximum absolute atomic E-state index is 5.91. The van der Waals surface area contributed by atoms with Gasteiger partial charge in [0, 0.05) is 32.0 Å². The number of aryl methyl sites for hydroxylation is 1. The fourth-order valence-corrected chi connectivity index (χ4v) is 2.92. The van der Waals surface area contributed by atoms with E-state index in [1.165, 1.54) is 0 Å². The number of aromatic nitrogens is 2. The maximum Gasteiger partial charge on any atom is 0.191 e. The fourth-order valence-electron chi connectivity index (χ4n) is 2.92. The summed E-state index contributed by atoms with van der Waals surface area (Å²) in [5, 5.41) is 10.9. The van der Waals surface area contributed by atoms with E-state index in [9.17, 15) is 0 Å². The number of benzene rings is 2. The van der Waals surface area contributed by atoms with Crippen LogP contribution in [0.1, 0.15) is 24.5 Å². The minimum atomic E-state index is 0. The van der Waals surface area contributed by atoms with Crippen molar-refractivity contribution in [3.63, 3.8) is 0 Å². The zero-order valence-electron chi connectivity index (χ0n) is 17.3. The summed E-state index contributed by atoms with van der Waals surface area (Å²) in [6, 6.07) is 20.1. The highest BCUT2D eigenvalue weighted by Crippen LogP contribution is 2.15. The second-order valence-electron chi connectivity index (χ2n) is 6.62. The van der Waals surface area contributed by atoms with Gasteiger partial charge in [-0.2, -0.15) is 5.10 Å². The van der Waals surface area contributed by atoms with Crippen LogP contribution in [-0.4, -0.2) is 28.8 Å². The van der Waals surface area contributed by atoms with E-state index in [-0.39, 0.29) is 24.0 Å². The van der Waals surface area contributed by atoms with Crippen LogP contribution in [0.3, 0.4) is 0 Å². The Morgan fingerprint density at radius 2 is 1.77 bits per heavy atom. The van der Waals surface area contributed by atoms with E-state index in [1.54, 1.807) is 6.20 Å². The summed E-state index contributed by atoms with van der Waals surface area (Å²) in [5.41, 5.74) is 2.31. The number of hydrogen-bond donors (Lipinski definition) is 2. The molecule has 3 rings (SSSR count). The Morgan fingerprint density at radius 3 is 2.50 bits per heavy atom. The molecule has 160 valence electrons. The van der Waals surface area contributed by atoms with Crippen molar-refractivity contribution in [3.05, 3.63) is 84.2 Å². The Hall–Kier alpha value is -2.55. The summed E-state index contributed by atoms with van der Waals surface area (Å²) in [4.78, 5) is 4.75. The van der Waals surface area contributed by atoms with Crippen molar-refractivity contribution in [2.24, 2.45) is 4.99 Å². The van der Waals surface area contributed by atoms with E-state index >= 15 is 0 Å². The van der Waals surface area contributed by atoms with Gasteiger partial charge >= 0.3 is 0 Å². The molecule has 0 amide bonds. The van der Waals surface area contributed by atoms with Crippen LogP contribution in [-0.2, 0) is 19.7 Å². The molecule has 1 heterocycles. The Bertz CT molecular complexity index is 868. The monoisotopic (exact) mass is 519 g/mol. The van der Waals surface area contributed by atoms with E-state index in [2.05, 4.69) is 34.8 Å². The highest BCUT2D eigenvalue weighted by molar-refractivity contribution is 14.0. The van der Waals surface area contributed by atoms with Crippen molar-refractivity contribution < 1.29 is 4.74 Å². The number of aliphatic imine (C=N–C) groups is 1. The molecule has 0 spiro atoms. The Kier molecular flexibility index (Phi) is 10.8. The van der Waals surface area contributed by atoms with Crippen LogP contribution in [0.4, 0.5) is 0 Å². The summed E-state index contributed by atoms with van der Waals surface area (Å²) in [5.74, 6) is 1.70. The smallest absolute Gasteiger partial charge is 0.191 e. The first-order chi connectivity index (χ1) is 14.3. The number of hydrogen-bond acceptors (Lipinski definition) is 3. The molecule has 0 saturated carbocycles. The normalized spacial score (nSPS) is 10.9. The first-order valence-electron chi connectivity index (χ1n) is 10.1. The van der Waals surface area contributed by atoms with Gasteiger partial charge in [0.1, 0.15) is 12.4 Å². The van der Waals surface area contributed by atoms with Gasteiger partial charge in [-0.15, -0.1) is 24.0 Å². The summed E-state index contributed by atoms with van der Waals surface area (Å²) < 4.78 is 7.85. The van der Waals surface area contributed by atoms with Gasteiger partial charge < -0.3 is 15.4 Å². The fraction of sp³-hybridized carbons (Fsp3) is 0.304. The minimum absolute atomic E-state index is 0. The second-order valence-corrected chi connectivity index (χ2v) is 6.62. The molecule has 30 heavy (non-hydrogen) atoms. The number of guanidine groups is 1. The van der Waals surface area contributed by atoms with Crippen molar-refractivity contribution in [1.82, 2.24) is 20.4 Å². The second kappa shape index (κ2) is 13.6. The van der Waals surface area contributed by atoms with Gasteiger partial charge in [-0.25, -0.2) is 4.99 Å². The standard InChI is InChI=1S/C23H29N5O.HI/c1-2-24-23(25-14-8-16-28-17-9-15-27-28)26-18-20-10-6-7-11-21(20)19-29-22-12-4-3-5-13-22;/h3-7,9-13,15,17H,2,8,14,16,18-19H2,1H3,(H2,24,25,26);1H. The molecule has 2 N–H and O–H groups in total. The van der Waals surface area contributed by atoms with Crippen LogP contribution < -0.4 is 15.4 Å². The van der Waals surface area contributed by atoms with E-state index in [0.717, 1.165) is 48.9 Å². The maximum atomic E-state index is 5.91. The predicted octanol–water partition coefficient (Wildman–Crippen LogP) is 4.23. The number of rotatable bonds is 10. The van der Waals surface area contributed by atoms with Gasteiger partial charge in [0.15, 0.2) is 5.96 Å². The predicted molar refractivity (Wildman–Crippen MR) is 132 cm³/mol. The lowest BCUT2D eigenvalue weighted by atomic mass is 10.1. The van der Waals surface area contributed by atoms with Crippen molar-refractivity contribution in [3.8, 4) is 5.75 Å². The van der Waals surface area contributed by atoms with Crippen LogP contribution in [0.5, 0.6) is 5.75 Å². The van der Waals surface area contributed by atoms with Crippen LogP contribution in [0.2, 0.25) is 0 Å². The van der Waals surface area contributed by atoms with Gasteiger partial charge in [0.2, 0.25) is 0 Å². The van der Waals surface area contributed by atoms with E-state index in [1.807, 2.05) is 59.4 Å². The van der Waals surface area contributed by atoms with Crippen molar-refractivity contribution in [2.75, 3.05) is 13.1 Å². The first kappa shape index (κ1) is 23.7. The topological polar surface area (TPSA) is 63.5 Å². The van der Waals surface area contributed by atoms with Crippen LogP contribution in [0.25, 0.3) is 0 Å². The number of para-hydroxylation sites is 1. The Labute approximate surface area is 195 Å². The average Bonchev–Trinajstić information content (AvgIpc) is 3.28. The van der Waals surface area contributed by atoms with Gasteiger partial charge in [0.05, 0.1) is 6.54 Å². The van der Waals surface area contributed by atoms with Gasteiger partial charge in [0.25, 0.3) is 0 Å². The van der Waals surface area contributed by atoms with Crippen molar-refractivity contribution in [1.29, 1.82) is 0 Å². The zero-order chi connectivity index (χ0) is 20.2. The summed E-state index contributed by atoms with van der Waals surface area (Å²) in [7, 11) is 0. The Balaban J connectivity index is 0.00000320. The molecule has 0 aliphatic carbocycles. The molecule has 0 saturated heterocycles. The van der Waals surface area contributed by atoms with E-state index in [0.29, 0.717) is 13.2 Å². The van der Waals surface area contributed by atoms with Crippen molar-refractivity contribution >= 4 is 29.9 Å². The van der Waals surface area contributed by atoms with Gasteiger partial charge in [-0.3, -0.25) is 4.68 Å². The SMILES string of the molecule is CCNC(=NCc1ccccc1COc1ccccc1)NCCCn1cccn1.I. The highest BCUT2D eigenvalue weighted by atomic mass is 127. The van der Waals surface area contributed by atoms with Crippen molar-refractivity contribution in [2.45, 2.75) is 33.0 Å². The molecule has 0 aliphatic heterocycles. The number of ether oxygens (including phenoxy) is 1. The molecule has 0 fully saturated rings. The lowest BCUT2D eigenvalue weighted by molar-refractivity contribution is 0.305. The molecular weight excluding hydrogens is 489 g/mol. The molecule has 0 aliphatic rings. The molecule has 0 atom stereocenters. The molecule has 1 aromatic heterocycles. The third-order valence-electron chi connectivity index (χ3n) is 4.42. The largest absolute Gasteiger partial charge is 0.489 e. The molecule has 0 radical (unpaired) electrons. The van der Waals surface area contributed by atoms with Crippen LogP contribution >= 0.6 is 24.0 Å². The quantitative estimate of drug-likeness (QED) is 0.182. The van der Waals surface area contributed by atoms with Crippen LogP contribution in [0, 0.1) is 0 Å². The van der Waals surface area contributed by atoms with Crippen LogP contribution in [0.15, 0.2) is 78.0 Å². The Morgan fingerprint density at radius 1 is 1.00 bits per heavy atom. The zero-order valence-corrected chi connectivity index (χ0v) is 19.7.